The molecule has 0 unspecified atom stereocenters. The van der Waals surface area contributed by atoms with Gasteiger partial charge in [0.2, 0.25) is 0 Å². The van der Waals surface area contributed by atoms with Crippen LogP contribution >= 0.6 is 0 Å². The van der Waals surface area contributed by atoms with E-state index in [4.69, 9.17) is 4.55 Å². The summed E-state index contributed by atoms with van der Waals surface area (Å²) in [6, 6.07) is 0. The molecule has 0 spiro atoms. The molecule has 0 aromatic heterocycles. The Labute approximate surface area is 177 Å². The first-order valence-electron chi connectivity index (χ1n) is 7.81. The molecule has 34 heavy (non-hydrogen) atoms. The molecule has 0 aromatic carbocycles. The van der Waals surface area contributed by atoms with Crippen LogP contribution in [-0.2, 0) is 14.6 Å². The Balaban J connectivity index is 6.27. The third kappa shape index (κ3) is 5.90. The number of unbranched alkanes of at least 4 members (excludes halogenated alkanes) is 1. The summed E-state index contributed by atoms with van der Waals surface area (Å²) in [7, 11) is -6.93. The Morgan fingerprint density at radius 3 is 1.21 bits per heavy atom. The molecule has 1 N–H and O–H groups in total. The highest BCUT2D eigenvalue weighted by atomic mass is 32.3. The number of rotatable bonds is 12. The third-order valence-corrected chi connectivity index (χ3v) is 4.23. The molecule has 0 amide bonds. The van der Waals surface area contributed by atoms with Crippen molar-refractivity contribution in [2.45, 2.75) is 73.5 Å². The van der Waals surface area contributed by atoms with Gasteiger partial charge in [0, 0.05) is 12.8 Å². The first-order chi connectivity index (χ1) is 14.4. The molecule has 0 aliphatic heterocycles. The molecular weight excluding hydrogens is 563 g/mol. The summed E-state index contributed by atoms with van der Waals surface area (Å²) < 4.78 is 252. The van der Waals surface area contributed by atoms with Gasteiger partial charge in [0.05, 0.1) is 0 Å². The van der Waals surface area contributed by atoms with E-state index in [1.807, 2.05) is 0 Å². The maximum Gasteiger partial charge on any atom is 0.441 e. The maximum atomic E-state index is 13.5. The van der Waals surface area contributed by atoms with Crippen molar-refractivity contribution in [1.82, 2.24) is 0 Å². The summed E-state index contributed by atoms with van der Waals surface area (Å²) >= 11 is 0. The van der Waals surface area contributed by atoms with Crippen LogP contribution in [-0.4, -0.2) is 60.8 Å². The fourth-order valence-electron chi connectivity index (χ4n) is 2.02. The molecule has 0 heterocycles. The van der Waals surface area contributed by atoms with E-state index >= 15 is 0 Å². The van der Waals surface area contributed by atoms with Gasteiger partial charge in [0.25, 0.3) is 0 Å². The highest BCUT2D eigenvalue weighted by Gasteiger charge is 2.93. The zero-order chi connectivity index (χ0) is 28.0. The van der Waals surface area contributed by atoms with Crippen LogP contribution in [0.25, 0.3) is 0 Å². The first kappa shape index (κ1) is 32.7. The zero-order valence-electron chi connectivity index (χ0n) is 15.3. The lowest BCUT2D eigenvalue weighted by molar-refractivity contribution is -0.457. The summed E-state index contributed by atoms with van der Waals surface area (Å²) in [5.41, 5.74) is 0. The zero-order valence-corrected chi connectivity index (χ0v) is 16.2. The van der Waals surface area contributed by atoms with Crippen molar-refractivity contribution in [3.05, 3.63) is 0 Å². The van der Waals surface area contributed by atoms with Crippen molar-refractivity contribution >= 4 is 10.4 Å². The Kier molecular flexibility index (Phi) is 8.61. The molecule has 4 nitrogen and oxygen atoms in total. The third-order valence-electron chi connectivity index (χ3n) is 3.81. The molecule has 0 saturated carbocycles. The Morgan fingerprint density at radius 1 is 0.529 bits per heavy atom. The van der Waals surface area contributed by atoms with Gasteiger partial charge in [0.15, 0.2) is 0 Å². The van der Waals surface area contributed by atoms with Gasteiger partial charge in [-0.1, -0.05) is 0 Å². The van der Waals surface area contributed by atoms with E-state index in [9.17, 15) is 83.1 Å². The van der Waals surface area contributed by atoms with Gasteiger partial charge in [-0.15, -0.1) is 0 Å². The Hall–Kier alpha value is -1.32. The molecule has 0 bridgehead atoms. The molecular formula is C12H9F17O4S. The molecule has 0 radical (unpaired) electrons. The fourth-order valence-corrected chi connectivity index (χ4v) is 2.39. The second-order valence-electron chi connectivity index (χ2n) is 6.43. The second-order valence-corrected chi connectivity index (χ2v) is 7.45. The van der Waals surface area contributed by atoms with E-state index in [2.05, 4.69) is 0 Å². The minimum absolute atomic E-state index is 1.50. The van der Waals surface area contributed by atoms with Gasteiger partial charge in [-0.3, -0.25) is 4.55 Å². The van der Waals surface area contributed by atoms with E-state index in [-0.39, 0.29) is 0 Å². The highest BCUT2D eigenvalue weighted by molar-refractivity contribution is 7.80. The maximum absolute atomic E-state index is 13.5. The van der Waals surface area contributed by atoms with Crippen LogP contribution in [0, 0.1) is 0 Å². The summed E-state index contributed by atoms with van der Waals surface area (Å²) in [6.07, 6.45) is -20.7. The van der Waals surface area contributed by atoms with Crippen LogP contribution in [0.2, 0.25) is 0 Å². The minimum atomic E-state index is -8.53. The standard InChI is InChI=1S/C12H9F17O4S/c13-5(14,3-1-2-4-6(15,16)17)7(18,19)8(20,21)9(22,23)10(24,25)11(26,27)12(28,29)33-34(30,31)32/h1-4H2,(H,30,31,32). The van der Waals surface area contributed by atoms with Crippen LogP contribution in [0.4, 0.5) is 74.6 Å². The largest absolute Gasteiger partial charge is 0.441 e. The number of hydrogen-bond donors (Lipinski definition) is 1. The normalized spacial score (nSPS) is 16.2. The topological polar surface area (TPSA) is 63.6 Å². The number of alkyl halides is 17. The molecule has 0 rings (SSSR count). The number of hydrogen-bond acceptors (Lipinski definition) is 3. The predicted octanol–water partition coefficient (Wildman–Crippen LogP) is 6.33. The monoisotopic (exact) mass is 572 g/mol. The van der Waals surface area contributed by atoms with Crippen LogP contribution in [0.1, 0.15) is 25.7 Å². The lowest BCUT2D eigenvalue weighted by atomic mass is 9.89. The summed E-state index contributed by atoms with van der Waals surface area (Å²) in [4.78, 5) is 0. The molecule has 0 fully saturated rings. The van der Waals surface area contributed by atoms with E-state index in [0.29, 0.717) is 0 Å². The summed E-state index contributed by atoms with van der Waals surface area (Å²) in [5, 5.41) is 0. The lowest BCUT2D eigenvalue weighted by Gasteiger charge is -2.42. The smallest absolute Gasteiger partial charge is 0.263 e. The SMILES string of the molecule is O=S(=O)(O)OC(F)(F)C(F)(F)C(F)(F)C(F)(F)C(F)(F)C(F)(F)C(F)(F)CCCCC(F)(F)F. The Bertz CT molecular complexity index is 817. The quantitative estimate of drug-likeness (QED) is 0.169. The van der Waals surface area contributed by atoms with Crippen molar-refractivity contribution in [3.63, 3.8) is 0 Å². The van der Waals surface area contributed by atoms with Crippen LogP contribution in [0.15, 0.2) is 0 Å². The molecule has 0 atom stereocenters. The van der Waals surface area contributed by atoms with Crippen LogP contribution in [0.3, 0.4) is 0 Å². The van der Waals surface area contributed by atoms with Crippen molar-refractivity contribution in [3.8, 4) is 0 Å². The minimum Gasteiger partial charge on any atom is -0.263 e. The number of halogens is 17. The Morgan fingerprint density at radius 2 is 0.853 bits per heavy atom. The van der Waals surface area contributed by atoms with E-state index in [0.717, 1.165) is 0 Å². The van der Waals surface area contributed by atoms with Crippen molar-refractivity contribution in [1.29, 1.82) is 0 Å². The first-order valence-corrected chi connectivity index (χ1v) is 9.17. The summed E-state index contributed by atoms with van der Waals surface area (Å²) in [5.74, 6) is -47.9. The molecule has 0 aromatic rings. The van der Waals surface area contributed by atoms with Crippen molar-refractivity contribution < 1.29 is 91.8 Å². The van der Waals surface area contributed by atoms with Gasteiger partial charge in [-0.05, 0) is 12.8 Å². The van der Waals surface area contributed by atoms with Gasteiger partial charge in [0.1, 0.15) is 0 Å². The average molecular weight is 572 g/mol. The van der Waals surface area contributed by atoms with Crippen LogP contribution < -0.4 is 0 Å². The van der Waals surface area contributed by atoms with Crippen LogP contribution in [0.5, 0.6) is 0 Å². The van der Waals surface area contributed by atoms with Gasteiger partial charge < -0.3 is 0 Å². The molecule has 0 saturated heterocycles. The van der Waals surface area contributed by atoms with Gasteiger partial charge in [-0.25, -0.2) is 0 Å². The molecule has 0 aliphatic carbocycles. The van der Waals surface area contributed by atoms with Gasteiger partial charge in [-0.2, -0.15) is 87.2 Å². The molecule has 206 valence electrons. The highest BCUT2D eigenvalue weighted by Crippen LogP contribution is 2.62. The van der Waals surface area contributed by atoms with E-state index in [1.54, 1.807) is 4.18 Å². The van der Waals surface area contributed by atoms with E-state index < -0.39 is 83.9 Å². The van der Waals surface area contributed by atoms with Crippen molar-refractivity contribution in [2.75, 3.05) is 0 Å². The van der Waals surface area contributed by atoms with Gasteiger partial charge >= 0.3 is 58.2 Å². The fraction of sp³-hybridized carbons (Fsp3) is 1.00. The second kappa shape index (κ2) is 8.96. The lowest BCUT2D eigenvalue weighted by Crippen LogP contribution is -2.73. The van der Waals surface area contributed by atoms with Crippen molar-refractivity contribution in [2.24, 2.45) is 0 Å². The molecule has 22 heteroatoms. The average Bonchev–Trinajstić information content (AvgIpc) is 2.54. The molecule has 0 aliphatic rings. The van der Waals surface area contributed by atoms with E-state index in [1.165, 1.54) is 0 Å². The predicted molar refractivity (Wildman–Crippen MR) is 71.8 cm³/mol. The summed E-state index contributed by atoms with van der Waals surface area (Å²) in [6.45, 7) is 0.